The van der Waals surface area contributed by atoms with Crippen molar-refractivity contribution >= 4 is 40.1 Å². The maximum Gasteiger partial charge on any atom is 0.226 e. The molecule has 2 atom stereocenters. The number of fused-ring (bicyclic) bond motifs is 3. The van der Waals surface area contributed by atoms with Crippen molar-refractivity contribution < 1.29 is 0 Å². The van der Waals surface area contributed by atoms with E-state index in [0.717, 1.165) is 24.3 Å². The van der Waals surface area contributed by atoms with E-state index in [1.807, 2.05) is 6.07 Å². The van der Waals surface area contributed by atoms with Crippen molar-refractivity contribution in [1.29, 1.82) is 0 Å². The molecule has 2 aliphatic rings. The second kappa shape index (κ2) is 4.69. The monoisotopic (exact) mass is 309 g/mol. The van der Waals surface area contributed by atoms with Gasteiger partial charge in [0.15, 0.2) is 5.65 Å². The van der Waals surface area contributed by atoms with Crippen LogP contribution in [0, 0.1) is 0 Å². The maximum absolute atomic E-state index is 6.04. The predicted octanol–water partition coefficient (Wildman–Crippen LogP) is 2.27. The van der Waals surface area contributed by atoms with Gasteiger partial charge < -0.3 is 10.2 Å². The number of rotatable bonds is 1. The largest absolute Gasteiger partial charge is 0.353 e. The van der Waals surface area contributed by atoms with E-state index in [-0.39, 0.29) is 5.28 Å². The van der Waals surface area contributed by atoms with Gasteiger partial charge in [0.05, 0.1) is 5.39 Å². The summed E-state index contributed by atoms with van der Waals surface area (Å²) in [4.78, 5) is 15.1. The number of halogens is 2. The highest BCUT2D eigenvalue weighted by Gasteiger charge is 2.33. The third-order valence-electron chi connectivity index (χ3n) is 3.99. The van der Waals surface area contributed by atoms with Crippen LogP contribution in [0.2, 0.25) is 10.4 Å². The molecule has 2 aromatic rings. The zero-order chi connectivity index (χ0) is 13.7. The summed E-state index contributed by atoms with van der Waals surface area (Å²) in [6.45, 7) is 1.89. The molecule has 20 heavy (non-hydrogen) atoms. The SMILES string of the molecule is Clc1ccc2c(N3C[C@H]4CC[C@@H](C3)N4)nc(Cl)nc2n1. The van der Waals surface area contributed by atoms with Gasteiger partial charge >= 0.3 is 0 Å². The number of piperazine rings is 1. The van der Waals surface area contributed by atoms with Crippen molar-refractivity contribution in [3.63, 3.8) is 0 Å². The van der Waals surface area contributed by atoms with Gasteiger partial charge in [0.2, 0.25) is 5.28 Å². The van der Waals surface area contributed by atoms with Gasteiger partial charge in [0.1, 0.15) is 11.0 Å². The molecule has 2 aromatic heterocycles. The molecule has 0 radical (unpaired) electrons. The molecule has 0 aliphatic carbocycles. The van der Waals surface area contributed by atoms with Crippen LogP contribution in [0.4, 0.5) is 5.82 Å². The summed E-state index contributed by atoms with van der Waals surface area (Å²) in [5.74, 6) is 0.863. The number of hydrogen-bond donors (Lipinski definition) is 1. The van der Waals surface area contributed by atoms with E-state index in [2.05, 4.69) is 25.2 Å². The number of aromatic nitrogens is 3. The van der Waals surface area contributed by atoms with E-state index in [4.69, 9.17) is 23.2 Å². The van der Waals surface area contributed by atoms with Crippen molar-refractivity contribution in [3.8, 4) is 0 Å². The Balaban J connectivity index is 1.82. The summed E-state index contributed by atoms with van der Waals surface area (Å²) < 4.78 is 0. The van der Waals surface area contributed by atoms with E-state index >= 15 is 0 Å². The topological polar surface area (TPSA) is 53.9 Å². The molecule has 0 unspecified atom stereocenters. The Kier molecular flexibility index (Phi) is 2.94. The number of pyridine rings is 1. The molecule has 2 aliphatic heterocycles. The van der Waals surface area contributed by atoms with Gasteiger partial charge in [-0.15, -0.1) is 0 Å². The van der Waals surface area contributed by atoms with Gasteiger partial charge in [-0.05, 0) is 36.6 Å². The smallest absolute Gasteiger partial charge is 0.226 e. The Morgan fingerprint density at radius 1 is 1.05 bits per heavy atom. The Morgan fingerprint density at radius 2 is 1.80 bits per heavy atom. The van der Waals surface area contributed by atoms with Crippen LogP contribution >= 0.6 is 23.2 Å². The van der Waals surface area contributed by atoms with Crippen LogP contribution < -0.4 is 10.2 Å². The molecule has 1 N–H and O–H groups in total. The minimum absolute atomic E-state index is 0.216. The molecule has 104 valence electrons. The Hall–Kier alpha value is -1.17. The number of nitrogens with one attached hydrogen (secondary N) is 1. The number of anilines is 1. The highest BCUT2D eigenvalue weighted by atomic mass is 35.5. The van der Waals surface area contributed by atoms with E-state index < -0.39 is 0 Å². The van der Waals surface area contributed by atoms with Crippen molar-refractivity contribution in [2.45, 2.75) is 24.9 Å². The summed E-state index contributed by atoms with van der Waals surface area (Å²) in [5, 5.41) is 5.14. The fourth-order valence-electron chi connectivity index (χ4n) is 3.16. The second-order valence-electron chi connectivity index (χ2n) is 5.36. The van der Waals surface area contributed by atoms with E-state index in [0.29, 0.717) is 22.9 Å². The first kappa shape index (κ1) is 12.6. The summed E-state index contributed by atoms with van der Waals surface area (Å²) in [5.41, 5.74) is 0.554. The van der Waals surface area contributed by atoms with Gasteiger partial charge in [0.25, 0.3) is 0 Å². The molecule has 0 saturated carbocycles. The molecule has 2 saturated heterocycles. The van der Waals surface area contributed by atoms with Crippen LogP contribution in [0.1, 0.15) is 12.8 Å². The summed E-state index contributed by atoms with van der Waals surface area (Å²) in [6, 6.07) is 4.76. The Bertz CT molecular complexity index is 660. The lowest BCUT2D eigenvalue weighted by molar-refractivity contribution is 0.464. The highest BCUT2D eigenvalue weighted by molar-refractivity contribution is 6.30. The summed E-state index contributed by atoms with van der Waals surface area (Å²) >= 11 is 12.0. The number of hydrogen-bond acceptors (Lipinski definition) is 5. The lowest BCUT2D eigenvalue weighted by atomic mass is 10.2. The third kappa shape index (κ3) is 2.10. The Morgan fingerprint density at radius 3 is 2.55 bits per heavy atom. The lowest BCUT2D eigenvalue weighted by Gasteiger charge is -2.34. The normalized spacial score (nSPS) is 25.4. The van der Waals surface area contributed by atoms with E-state index in [1.54, 1.807) is 6.07 Å². The van der Waals surface area contributed by atoms with E-state index in [9.17, 15) is 0 Å². The molecule has 4 rings (SSSR count). The zero-order valence-corrected chi connectivity index (χ0v) is 12.2. The van der Waals surface area contributed by atoms with Gasteiger partial charge in [-0.3, -0.25) is 0 Å². The van der Waals surface area contributed by atoms with Gasteiger partial charge in [-0.2, -0.15) is 9.97 Å². The van der Waals surface area contributed by atoms with Crippen molar-refractivity contribution in [3.05, 3.63) is 22.6 Å². The maximum atomic E-state index is 6.04. The van der Waals surface area contributed by atoms with Crippen LogP contribution in [0.5, 0.6) is 0 Å². The molecule has 2 fully saturated rings. The average Bonchev–Trinajstić information content (AvgIpc) is 2.76. The van der Waals surface area contributed by atoms with Gasteiger partial charge in [-0.1, -0.05) is 11.6 Å². The first-order valence-corrected chi connectivity index (χ1v) is 7.45. The zero-order valence-electron chi connectivity index (χ0n) is 10.7. The molecule has 7 heteroatoms. The van der Waals surface area contributed by atoms with Crippen LogP contribution in [0.3, 0.4) is 0 Å². The highest BCUT2D eigenvalue weighted by Crippen LogP contribution is 2.30. The minimum atomic E-state index is 0.216. The third-order valence-corrected chi connectivity index (χ3v) is 4.37. The van der Waals surface area contributed by atoms with Crippen molar-refractivity contribution in [2.75, 3.05) is 18.0 Å². The first-order valence-electron chi connectivity index (χ1n) is 6.70. The second-order valence-corrected chi connectivity index (χ2v) is 6.09. The molecule has 0 amide bonds. The molecule has 4 heterocycles. The fourth-order valence-corrected chi connectivity index (χ4v) is 3.46. The fraction of sp³-hybridized carbons (Fsp3) is 0.462. The summed E-state index contributed by atoms with van der Waals surface area (Å²) in [6.07, 6.45) is 2.45. The van der Waals surface area contributed by atoms with Crippen LogP contribution in [-0.4, -0.2) is 40.1 Å². The van der Waals surface area contributed by atoms with Gasteiger partial charge in [0, 0.05) is 25.2 Å². The van der Waals surface area contributed by atoms with Crippen LogP contribution in [-0.2, 0) is 0 Å². The van der Waals surface area contributed by atoms with Crippen LogP contribution in [0.15, 0.2) is 12.1 Å². The quantitative estimate of drug-likeness (QED) is 0.647. The average molecular weight is 310 g/mol. The van der Waals surface area contributed by atoms with Crippen LogP contribution in [0.25, 0.3) is 11.0 Å². The molecular weight excluding hydrogens is 297 g/mol. The molecule has 5 nitrogen and oxygen atoms in total. The molecule has 0 aromatic carbocycles. The lowest BCUT2D eigenvalue weighted by Crippen LogP contribution is -2.51. The predicted molar refractivity (Wildman–Crippen MR) is 79.5 cm³/mol. The Labute approximate surface area is 126 Å². The van der Waals surface area contributed by atoms with Gasteiger partial charge in [-0.25, -0.2) is 4.98 Å². The number of nitrogens with zero attached hydrogens (tertiary/aromatic N) is 4. The van der Waals surface area contributed by atoms with E-state index in [1.165, 1.54) is 12.8 Å². The molecular formula is C13H13Cl2N5. The van der Waals surface area contributed by atoms with Crippen molar-refractivity contribution in [1.82, 2.24) is 20.3 Å². The standard InChI is InChI=1S/C13H13Cl2N5/c14-10-4-3-9-11(17-10)18-13(15)19-12(9)20-5-7-1-2-8(6-20)16-7/h3-4,7-8,16H,1-2,5-6H2/t7-,8+. The minimum Gasteiger partial charge on any atom is -0.353 e. The van der Waals surface area contributed by atoms with Crippen molar-refractivity contribution in [2.24, 2.45) is 0 Å². The molecule has 2 bridgehead atoms. The summed E-state index contributed by atoms with van der Waals surface area (Å²) in [7, 11) is 0. The first-order chi connectivity index (χ1) is 9.69. The molecule has 0 spiro atoms.